The summed E-state index contributed by atoms with van der Waals surface area (Å²) in [6.45, 7) is 31.1. The molecule has 0 aliphatic heterocycles. The van der Waals surface area contributed by atoms with Crippen LogP contribution in [0.15, 0.2) is 200 Å². The Morgan fingerprint density at radius 3 is 0.956 bits per heavy atom. The molecule has 2 saturated carbocycles. The molecule has 2 fully saturated rings. The van der Waals surface area contributed by atoms with Crippen LogP contribution in [-0.2, 0) is 37.5 Å². The van der Waals surface area contributed by atoms with E-state index in [1.54, 1.807) is 38.9 Å². The van der Waals surface area contributed by atoms with E-state index in [0.717, 1.165) is 40.0 Å². The Hall–Kier alpha value is -6.38. The van der Waals surface area contributed by atoms with Gasteiger partial charge in [0.15, 0.2) is 0 Å². The third-order valence-corrected chi connectivity index (χ3v) is 20.7. The molecule has 90 heavy (non-hydrogen) atoms. The molecule has 480 valence electrons. The summed E-state index contributed by atoms with van der Waals surface area (Å²) >= 11 is 0. The summed E-state index contributed by atoms with van der Waals surface area (Å²) in [5, 5.41) is 0. The molecule has 0 radical (unpaired) electrons. The lowest BCUT2D eigenvalue weighted by atomic mass is 9.58. The lowest BCUT2D eigenvalue weighted by Gasteiger charge is -2.46. The first-order valence-electron chi connectivity index (χ1n) is 35.1. The van der Waals surface area contributed by atoms with E-state index >= 15 is 0 Å². The van der Waals surface area contributed by atoms with Gasteiger partial charge >= 0.3 is 0 Å². The minimum atomic E-state index is -2.60. The summed E-state index contributed by atoms with van der Waals surface area (Å²) in [5.74, 6) is 1.47. The van der Waals surface area contributed by atoms with Crippen molar-refractivity contribution < 1.29 is 8.78 Å². The van der Waals surface area contributed by atoms with Crippen LogP contribution in [0.5, 0.6) is 0 Å². The zero-order valence-corrected chi connectivity index (χ0v) is 57.1. The second-order valence-electron chi connectivity index (χ2n) is 27.5. The van der Waals surface area contributed by atoms with E-state index < -0.39 is 17.8 Å². The van der Waals surface area contributed by atoms with Crippen molar-refractivity contribution in [1.82, 2.24) is 0 Å². The average Bonchev–Trinajstić information content (AvgIpc) is 1.53. The van der Waals surface area contributed by atoms with Crippen LogP contribution in [0.4, 0.5) is 8.78 Å². The first-order chi connectivity index (χ1) is 43.1. The van der Waals surface area contributed by atoms with Crippen LogP contribution < -0.4 is 0 Å². The summed E-state index contributed by atoms with van der Waals surface area (Å²) in [6, 6.07) is 71.6. The van der Waals surface area contributed by atoms with Gasteiger partial charge in [-0.25, -0.2) is 8.78 Å². The van der Waals surface area contributed by atoms with Crippen LogP contribution in [0.2, 0.25) is 0 Å². The molecule has 8 aromatic rings. The highest BCUT2D eigenvalue weighted by molar-refractivity contribution is 5.57. The second-order valence-corrected chi connectivity index (χ2v) is 27.5. The zero-order valence-electron chi connectivity index (χ0n) is 57.1. The van der Waals surface area contributed by atoms with Crippen molar-refractivity contribution in [2.75, 3.05) is 0 Å². The molecule has 0 N–H and O–H groups in total. The maximum atomic E-state index is 14.4. The molecule has 2 heteroatoms. The van der Waals surface area contributed by atoms with Gasteiger partial charge in [-0.05, 0) is 189 Å². The molecule has 3 atom stereocenters. The molecular formula is C88H114F2. The monoisotopic (exact) mass is 1210 g/mol. The molecule has 14 rings (SSSR count). The summed E-state index contributed by atoms with van der Waals surface area (Å²) in [5.41, 5.74) is 21.5. The van der Waals surface area contributed by atoms with Crippen molar-refractivity contribution >= 4 is 0 Å². The maximum Gasteiger partial charge on any atom is 0.263 e. The standard InChI is InChI=1S/C19H18F2.C19H22.C18H20.C14H20.C13H18.2C2H6.CH4/c1-11(2)16-12-7-3-5-9-14(12)17-18(19(17,20)21)15-10-6-4-8-13(15)16;1-14(2)19-17-12-5-3-8-15(17)10-7-11-16-9-4-6-13-18(16)19;1-13(2)18-16-9-5-3-7-14(16)11-12-15-8-4-6-10-17(15)18;1-11(2)13-9-5-3-7-12-8-4-6-10-14(12)13;1-11(2)13(9-6-10-13)12-7-4-3-5-8-12;2*1-2;/h3-11,16-18H,1-2H3;3-6,8-9,12-14,19H,7,10-11H2,1-2H3;3-10,13,18H,11-12H2,1-2H3;4,6,8,10-11,13H,3,5,7,9H2,1-2H3;3-5,7-8,11H,6,9-10H2,1-2H3;2*1-2H3;1H4. The van der Waals surface area contributed by atoms with E-state index in [1.807, 2.05) is 76.2 Å². The molecule has 8 aromatic carbocycles. The summed E-state index contributed by atoms with van der Waals surface area (Å²) in [6.07, 6.45) is 15.7. The third-order valence-electron chi connectivity index (χ3n) is 20.7. The molecule has 0 heterocycles. The van der Waals surface area contributed by atoms with Gasteiger partial charge in [0, 0.05) is 17.8 Å². The van der Waals surface area contributed by atoms with Gasteiger partial charge in [-0.3, -0.25) is 0 Å². The van der Waals surface area contributed by atoms with Crippen LogP contribution in [-0.4, -0.2) is 5.92 Å². The minimum Gasteiger partial charge on any atom is -0.205 e. The van der Waals surface area contributed by atoms with E-state index in [2.05, 4.69) is 221 Å². The Morgan fingerprint density at radius 1 is 0.311 bits per heavy atom. The first-order valence-corrected chi connectivity index (χ1v) is 35.1. The Morgan fingerprint density at radius 2 is 0.611 bits per heavy atom. The number of benzene rings is 8. The molecule has 6 aliphatic carbocycles. The van der Waals surface area contributed by atoms with E-state index in [-0.39, 0.29) is 13.3 Å². The molecule has 3 unspecified atom stereocenters. The van der Waals surface area contributed by atoms with Gasteiger partial charge in [0.1, 0.15) is 0 Å². The van der Waals surface area contributed by atoms with Gasteiger partial charge in [-0.2, -0.15) is 0 Å². The van der Waals surface area contributed by atoms with Gasteiger partial charge < -0.3 is 0 Å². The predicted octanol–water partition coefficient (Wildman–Crippen LogP) is 25.4. The van der Waals surface area contributed by atoms with Gasteiger partial charge in [-0.15, -0.1) is 0 Å². The number of hydrogen-bond acceptors (Lipinski definition) is 0. The van der Waals surface area contributed by atoms with Crippen molar-refractivity contribution in [3.8, 4) is 0 Å². The van der Waals surface area contributed by atoms with Crippen LogP contribution in [0.3, 0.4) is 0 Å². The molecule has 0 amide bonds. The summed E-state index contributed by atoms with van der Waals surface area (Å²) in [7, 11) is 0. The number of aryl methyl sites for hydroxylation is 5. The summed E-state index contributed by atoms with van der Waals surface area (Å²) in [4.78, 5) is 0. The van der Waals surface area contributed by atoms with Crippen LogP contribution >= 0.6 is 0 Å². The number of hydrogen-bond donors (Lipinski definition) is 0. The number of alkyl halides is 2. The van der Waals surface area contributed by atoms with E-state index in [0.29, 0.717) is 35.0 Å². The predicted molar refractivity (Wildman–Crippen MR) is 386 cm³/mol. The Balaban J connectivity index is 0.000000159. The van der Waals surface area contributed by atoms with Crippen molar-refractivity contribution in [2.24, 2.45) is 29.6 Å². The lowest BCUT2D eigenvalue weighted by Crippen LogP contribution is -2.39. The van der Waals surface area contributed by atoms with E-state index in [9.17, 15) is 8.78 Å². The fourth-order valence-electron chi connectivity index (χ4n) is 16.1. The van der Waals surface area contributed by atoms with E-state index in [1.165, 1.54) is 99.3 Å². The largest absolute Gasteiger partial charge is 0.263 e. The summed E-state index contributed by atoms with van der Waals surface area (Å²) < 4.78 is 28.7. The minimum absolute atomic E-state index is 0. The molecule has 0 spiro atoms. The number of halogens is 2. The molecule has 0 aromatic heterocycles. The van der Waals surface area contributed by atoms with Gasteiger partial charge in [0.2, 0.25) is 0 Å². The molecular weight excluding hydrogens is 1090 g/mol. The second kappa shape index (κ2) is 33.3. The average molecular weight is 1210 g/mol. The highest BCUT2D eigenvalue weighted by atomic mass is 19.3. The SMILES string of the molecule is C.CC.CC.CC(C)C1(c2ccccc2)CCC1.CC(C)C1CCCCc2ccccc21.CC(C)C1c2ccccc2C2C(c3ccccc31)C2(F)F.CC(C)C1c2ccccc2CCCc2ccccc21.CC(C)C1c2ccccc2CCc2ccccc21. The topological polar surface area (TPSA) is 0 Å². The molecule has 6 aliphatic rings. The molecule has 0 nitrogen and oxygen atoms in total. The number of rotatable bonds is 6. The maximum absolute atomic E-state index is 14.4. The number of fused-ring (bicyclic) bond motifs is 10. The van der Waals surface area contributed by atoms with Gasteiger partial charge in [0.05, 0.1) is 11.8 Å². The Bertz CT molecular complexity index is 3270. The van der Waals surface area contributed by atoms with Crippen molar-refractivity contribution in [1.29, 1.82) is 0 Å². The fourth-order valence-corrected chi connectivity index (χ4v) is 16.1. The smallest absolute Gasteiger partial charge is 0.205 e. The Kier molecular flexibility index (Phi) is 26.3. The fraction of sp³-hybridized carbons (Fsp3) is 0.455. The van der Waals surface area contributed by atoms with Crippen molar-refractivity contribution in [2.45, 2.75) is 228 Å². The van der Waals surface area contributed by atoms with Crippen LogP contribution in [0.25, 0.3) is 0 Å². The molecule has 0 bridgehead atoms. The highest BCUT2D eigenvalue weighted by Gasteiger charge is 2.71. The van der Waals surface area contributed by atoms with Crippen LogP contribution in [0, 0.1) is 29.6 Å². The zero-order chi connectivity index (χ0) is 63.8. The van der Waals surface area contributed by atoms with Crippen molar-refractivity contribution in [3.05, 3.63) is 284 Å². The third kappa shape index (κ3) is 15.9. The van der Waals surface area contributed by atoms with E-state index in [4.69, 9.17) is 0 Å². The van der Waals surface area contributed by atoms with Crippen LogP contribution in [0.1, 0.15) is 268 Å². The lowest BCUT2D eigenvalue weighted by molar-refractivity contribution is 0.104. The normalized spacial score (nSPS) is 19.3. The molecule has 0 saturated heterocycles. The van der Waals surface area contributed by atoms with Crippen molar-refractivity contribution in [3.63, 3.8) is 0 Å². The Labute approximate surface area is 547 Å². The highest BCUT2D eigenvalue weighted by Crippen LogP contribution is 2.70. The quantitative estimate of drug-likeness (QED) is 0.146. The van der Waals surface area contributed by atoms with Gasteiger partial charge in [-0.1, -0.05) is 317 Å². The van der Waals surface area contributed by atoms with Gasteiger partial charge in [0.25, 0.3) is 5.92 Å². The first kappa shape index (κ1) is 71.1.